The second-order valence-corrected chi connectivity index (χ2v) is 5.84. The van der Waals surface area contributed by atoms with Crippen LogP contribution in [-0.2, 0) is 0 Å². The van der Waals surface area contributed by atoms with Crippen LogP contribution in [-0.4, -0.2) is 27.5 Å². The maximum absolute atomic E-state index is 13.5. The van der Waals surface area contributed by atoms with Gasteiger partial charge in [0.1, 0.15) is 11.6 Å². The molecule has 1 N–H and O–H groups in total. The number of hydrogen-bond acceptors (Lipinski definition) is 3. The molecule has 1 saturated heterocycles. The van der Waals surface area contributed by atoms with Gasteiger partial charge in [0.2, 0.25) is 0 Å². The lowest BCUT2D eigenvalue weighted by molar-refractivity contribution is 0.194. The van der Waals surface area contributed by atoms with Gasteiger partial charge in [-0.2, -0.15) is 5.10 Å². The highest BCUT2D eigenvalue weighted by Crippen LogP contribution is 2.37. The summed E-state index contributed by atoms with van der Waals surface area (Å²) in [6.45, 7) is 4.68. The smallest absolute Gasteiger partial charge is 0.127 e. The summed E-state index contributed by atoms with van der Waals surface area (Å²) in [5.74, 6) is 0.724. The second kappa shape index (κ2) is 5.48. The summed E-state index contributed by atoms with van der Waals surface area (Å²) in [5.41, 5.74) is 0.892. The van der Waals surface area contributed by atoms with Gasteiger partial charge in [-0.3, -0.25) is 0 Å². The minimum atomic E-state index is -0.409. The van der Waals surface area contributed by atoms with E-state index in [0.29, 0.717) is 13.0 Å². The normalized spacial score (nSPS) is 22.2. The number of benzene rings is 1. The molecular formula is C16H20FN3O. The highest BCUT2D eigenvalue weighted by atomic mass is 19.1. The van der Waals surface area contributed by atoms with Gasteiger partial charge in [-0.05, 0) is 38.0 Å². The van der Waals surface area contributed by atoms with E-state index in [2.05, 4.69) is 23.8 Å². The van der Waals surface area contributed by atoms with Crippen LogP contribution >= 0.6 is 0 Å². The van der Waals surface area contributed by atoms with Crippen molar-refractivity contribution >= 4 is 5.82 Å². The van der Waals surface area contributed by atoms with Crippen LogP contribution in [0.2, 0.25) is 0 Å². The van der Waals surface area contributed by atoms with Crippen molar-refractivity contribution in [1.29, 1.82) is 0 Å². The van der Waals surface area contributed by atoms with Gasteiger partial charge in [-0.1, -0.05) is 12.1 Å². The van der Waals surface area contributed by atoms with E-state index in [0.717, 1.165) is 11.4 Å². The standard InChI is InChI=1S/C16H20FN3O/c1-11(2)20-16(6-7-18-20)19-10-14(21)9-15(19)12-4-3-5-13(17)8-12/h3-8,11,14-15,21H,9-10H2,1-2H3/t14-,15+/m0/s1. The van der Waals surface area contributed by atoms with E-state index in [-0.39, 0.29) is 17.9 Å². The van der Waals surface area contributed by atoms with Crippen LogP contribution in [0.3, 0.4) is 0 Å². The Balaban J connectivity index is 1.98. The van der Waals surface area contributed by atoms with E-state index in [1.165, 1.54) is 6.07 Å². The molecule has 2 aromatic rings. The first-order valence-electron chi connectivity index (χ1n) is 7.30. The number of β-amino-alcohol motifs (C(OH)–C–C–N with tert-alkyl or cyclic N) is 1. The van der Waals surface area contributed by atoms with Gasteiger partial charge in [0.25, 0.3) is 0 Å². The molecule has 1 aromatic heterocycles. The van der Waals surface area contributed by atoms with Crippen molar-refractivity contribution in [2.24, 2.45) is 0 Å². The number of aliphatic hydroxyl groups excluding tert-OH is 1. The van der Waals surface area contributed by atoms with Gasteiger partial charge in [-0.25, -0.2) is 9.07 Å². The third-order valence-corrected chi connectivity index (χ3v) is 3.95. The molecule has 0 saturated carbocycles. The number of aliphatic hydroxyl groups is 1. The van der Waals surface area contributed by atoms with Gasteiger partial charge in [0, 0.05) is 18.7 Å². The van der Waals surface area contributed by atoms with E-state index in [1.807, 2.05) is 16.8 Å². The predicted molar refractivity (Wildman–Crippen MR) is 79.7 cm³/mol. The lowest BCUT2D eigenvalue weighted by Crippen LogP contribution is -2.27. The first-order valence-corrected chi connectivity index (χ1v) is 7.30. The molecule has 4 nitrogen and oxygen atoms in total. The molecule has 1 aromatic carbocycles. The highest BCUT2D eigenvalue weighted by molar-refractivity contribution is 5.45. The number of aromatic nitrogens is 2. The summed E-state index contributed by atoms with van der Waals surface area (Å²) < 4.78 is 15.4. The molecule has 2 heterocycles. The molecule has 3 rings (SSSR count). The molecule has 2 atom stereocenters. The van der Waals surface area contributed by atoms with Crippen LogP contribution in [0.4, 0.5) is 10.2 Å². The van der Waals surface area contributed by atoms with E-state index >= 15 is 0 Å². The van der Waals surface area contributed by atoms with Crippen molar-refractivity contribution in [2.75, 3.05) is 11.4 Å². The number of halogens is 1. The molecule has 21 heavy (non-hydrogen) atoms. The minimum Gasteiger partial charge on any atom is -0.391 e. The Morgan fingerprint density at radius 2 is 2.14 bits per heavy atom. The zero-order valence-corrected chi connectivity index (χ0v) is 12.3. The summed E-state index contributed by atoms with van der Waals surface area (Å²) in [4.78, 5) is 2.12. The SMILES string of the molecule is CC(C)n1nccc1N1C[C@@H](O)C[C@@H]1c1cccc(F)c1. The van der Waals surface area contributed by atoms with Crippen molar-refractivity contribution in [3.63, 3.8) is 0 Å². The van der Waals surface area contributed by atoms with E-state index in [4.69, 9.17) is 0 Å². The van der Waals surface area contributed by atoms with Crippen molar-refractivity contribution in [3.05, 3.63) is 47.9 Å². The molecule has 0 spiro atoms. The van der Waals surface area contributed by atoms with Crippen LogP contribution in [0.25, 0.3) is 0 Å². The largest absolute Gasteiger partial charge is 0.391 e. The summed E-state index contributed by atoms with van der Waals surface area (Å²) >= 11 is 0. The van der Waals surface area contributed by atoms with Crippen LogP contribution in [0.5, 0.6) is 0 Å². The monoisotopic (exact) mass is 289 g/mol. The highest BCUT2D eigenvalue weighted by Gasteiger charge is 2.34. The van der Waals surface area contributed by atoms with Crippen molar-refractivity contribution < 1.29 is 9.50 Å². The minimum absolute atomic E-state index is 0.0232. The molecular weight excluding hydrogens is 269 g/mol. The number of rotatable bonds is 3. The Morgan fingerprint density at radius 3 is 2.86 bits per heavy atom. The maximum Gasteiger partial charge on any atom is 0.127 e. The van der Waals surface area contributed by atoms with E-state index < -0.39 is 6.10 Å². The number of anilines is 1. The quantitative estimate of drug-likeness (QED) is 0.944. The Bertz CT molecular complexity index is 625. The lowest BCUT2D eigenvalue weighted by Gasteiger charge is -2.28. The van der Waals surface area contributed by atoms with E-state index in [1.54, 1.807) is 18.3 Å². The predicted octanol–water partition coefficient (Wildman–Crippen LogP) is 2.92. The molecule has 5 heteroatoms. The van der Waals surface area contributed by atoms with Crippen molar-refractivity contribution in [3.8, 4) is 0 Å². The summed E-state index contributed by atoms with van der Waals surface area (Å²) in [5, 5.41) is 14.4. The molecule has 1 aliphatic rings. The maximum atomic E-state index is 13.5. The average molecular weight is 289 g/mol. The Kier molecular flexibility index (Phi) is 3.68. The zero-order valence-electron chi connectivity index (χ0n) is 12.3. The van der Waals surface area contributed by atoms with Gasteiger partial charge < -0.3 is 10.0 Å². The zero-order chi connectivity index (χ0) is 15.0. The molecule has 0 aliphatic carbocycles. The van der Waals surface area contributed by atoms with Crippen LogP contribution in [0.1, 0.15) is 37.9 Å². The fraction of sp³-hybridized carbons (Fsp3) is 0.438. The molecule has 0 unspecified atom stereocenters. The third-order valence-electron chi connectivity index (χ3n) is 3.95. The summed E-state index contributed by atoms with van der Waals surface area (Å²) in [7, 11) is 0. The molecule has 1 fully saturated rings. The van der Waals surface area contributed by atoms with Crippen LogP contribution in [0, 0.1) is 5.82 Å². The first-order chi connectivity index (χ1) is 10.1. The Labute approximate surface area is 123 Å². The Hall–Kier alpha value is -1.88. The summed E-state index contributed by atoms with van der Waals surface area (Å²) in [6, 6.07) is 8.78. The number of nitrogens with zero attached hydrogens (tertiary/aromatic N) is 3. The van der Waals surface area contributed by atoms with Crippen LogP contribution in [0.15, 0.2) is 36.5 Å². The molecule has 0 amide bonds. The third kappa shape index (κ3) is 2.65. The topological polar surface area (TPSA) is 41.3 Å². The van der Waals surface area contributed by atoms with Crippen molar-refractivity contribution in [2.45, 2.75) is 38.5 Å². The summed E-state index contributed by atoms with van der Waals surface area (Å²) in [6.07, 6.45) is 1.96. The Morgan fingerprint density at radius 1 is 1.33 bits per heavy atom. The van der Waals surface area contributed by atoms with Gasteiger partial charge in [0.05, 0.1) is 18.3 Å². The van der Waals surface area contributed by atoms with Gasteiger partial charge >= 0.3 is 0 Å². The van der Waals surface area contributed by atoms with Gasteiger partial charge in [0.15, 0.2) is 0 Å². The second-order valence-electron chi connectivity index (χ2n) is 5.84. The molecule has 0 bridgehead atoms. The fourth-order valence-corrected chi connectivity index (χ4v) is 3.03. The molecule has 1 aliphatic heterocycles. The first kappa shape index (κ1) is 14.1. The van der Waals surface area contributed by atoms with Crippen molar-refractivity contribution in [1.82, 2.24) is 9.78 Å². The lowest BCUT2D eigenvalue weighted by atomic mass is 10.0. The van der Waals surface area contributed by atoms with Crippen LogP contribution < -0.4 is 4.90 Å². The molecule has 112 valence electrons. The number of hydrogen-bond donors (Lipinski definition) is 1. The molecule has 0 radical (unpaired) electrons. The fourth-order valence-electron chi connectivity index (χ4n) is 3.03. The average Bonchev–Trinajstić information content (AvgIpc) is 3.04. The van der Waals surface area contributed by atoms with E-state index in [9.17, 15) is 9.50 Å². The van der Waals surface area contributed by atoms with Gasteiger partial charge in [-0.15, -0.1) is 0 Å².